The van der Waals surface area contributed by atoms with Gasteiger partial charge in [0.25, 0.3) is 5.91 Å². The molecule has 1 aliphatic rings. The lowest BCUT2D eigenvalue weighted by Gasteiger charge is -2.33. The van der Waals surface area contributed by atoms with Crippen molar-refractivity contribution in [1.29, 1.82) is 0 Å². The summed E-state index contributed by atoms with van der Waals surface area (Å²) in [7, 11) is 0. The Morgan fingerprint density at radius 1 is 1.27 bits per heavy atom. The van der Waals surface area contributed by atoms with E-state index in [-0.39, 0.29) is 29.5 Å². The summed E-state index contributed by atoms with van der Waals surface area (Å²) in [4.78, 5) is 26.3. The SMILES string of the molecule is CC(C)C(=O)N1CCC(NC(=O)c2cc(-c3cccc(Cl)c3)on2)CC1. The molecule has 0 aliphatic carbocycles. The second-order valence-corrected chi connectivity index (χ2v) is 7.25. The molecule has 1 aliphatic heterocycles. The Morgan fingerprint density at radius 2 is 2.00 bits per heavy atom. The number of carbonyl (C=O) groups excluding carboxylic acids is 2. The van der Waals surface area contributed by atoms with Crippen molar-refractivity contribution in [3.63, 3.8) is 0 Å². The second-order valence-electron chi connectivity index (χ2n) is 6.81. The zero-order valence-corrected chi connectivity index (χ0v) is 15.6. The van der Waals surface area contributed by atoms with Gasteiger partial charge in [-0.3, -0.25) is 9.59 Å². The molecule has 0 saturated carbocycles. The summed E-state index contributed by atoms with van der Waals surface area (Å²) < 4.78 is 5.27. The van der Waals surface area contributed by atoms with E-state index in [1.54, 1.807) is 18.2 Å². The lowest BCUT2D eigenvalue weighted by atomic mass is 10.0. The third kappa shape index (κ3) is 4.25. The highest BCUT2D eigenvalue weighted by Gasteiger charge is 2.26. The third-order valence-corrected chi connectivity index (χ3v) is 4.72. The second kappa shape index (κ2) is 7.91. The molecule has 26 heavy (non-hydrogen) atoms. The standard InChI is InChI=1S/C19H22ClN3O3/c1-12(2)19(25)23-8-6-15(7-9-23)21-18(24)16-11-17(26-22-16)13-4-3-5-14(20)10-13/h3-5,10-12,15H,6-9H2,1-2H3,(H,21,24). The van der Waals surface area contributed by atoms with Gasteiger partial charge < -0.3 is 14.7 Å². The van der Waals surface area contributed by atoms with Crippen LogP contribution < -0.4 is 5.32 Å². The Morgan fingerprint density at radius 3 is 2.65 bits per heavy atom. The molecule has 1 aromatic carbocycles. The molecule has 3 rings (SSSR count). The van der Waals surface area contributed by atoms with Crippen LogP contribution in [0.3, 0.4) is 0 Å². The monoisotopic (exact) mass is 375 g/mol. The fraction of sp³-hybridized carbons (Fsp3) is 0.421. The summed E-state index contributed by atoms with van der Waals surface area (Å²) >= 11 is 5.98. The van der Waals surface area contributed by atoms with Crippen molar-refractivity contribution in [1.82, 2.24) is 15.4 Å². The van der Waals surface area contributed by atoms with Crippen molar-refractivity contribution >= 4 is 23.4 Å². The maximum atomic E-state index is 12.4. The summed E-state index contributed by atoms with van der Waals surface area (Å²) in [6.07, 6.45) is 1.48. The predicted octanol–water partition coefficient (Wildman–Crippen LogP) is 3.37. The molecule has 0 bridgehead atoms. The topological polar surface area (TPSA) is 75.4 Å². The molecule has 1 N–H and O–H groups in total. The number of likely N-dealkylation sites (tertiary alicyclic amines) is 1. The number of amides is 2. The molecule has 7 heteroatoms. The molecule has 2 aromatic rings. The van der Waals surface area contributed by atoms with E-state index in [0.29, 0.717) is 23.9 Å². The van der Waals surface area contributed by atoms with Gasteiger partial charge in [0.05, 0.1) is 0 Å². The van der Waals surface area contributed by atoms with Gasteiger partial charge in [0.15, 0.2) is 11.5 Å². The van der Waals surface area contributed by atoms with Crippen LogP contribution in [0, 0.1) is 5.92 Å². The summed E-state index contributed by atoms with van der Waals surface area (Å²) in [5, 5.41) is 7.42. The molecule has 0 unspecified atom stereocenters. The van der Waals surface area contributed by atoms with Gasteiger partial charge in [0.2, 0.25) is 5.91 Å². The molecule has 0 atom stereocenters. The van der Waals surface area contributed by atoms with Crippen molar-refractivity contribution in [2.45, 2.75) is 32.7 Å². The number of rotatable bonds is 4. The summed E-state index contributed by atoms with van der Waals surface area (Å²) in [5.74, 6) is 0.393. The first kappa shape index (κ1) is 18.5. The average molecular weight is 376 g/mol. The molecule has 6 nitrogen and oxygen atoms in total. The van der Waals surface area contributed by atoms with Gasteiger partial charge in [0.1, 0.15) is 0 Å². The number of benzene rings is 1. The van der Waals surface area contributed by atoms with Crippen LogP contribution in [0.2, 0.25) is 5.02 Å². The highest BCUT2D eigenvalue weighted by atomic mass is 35.5. The lowest BCUT2D eigenvalue weighted by molar-refractivity contribution is -0.135. The first-order valence-corrected chi connectivity index (χ1v) is 9.14. The summed E-state index contributed by atoms with van der Waals surface area (Å²) in [6.45, 7) is 5.12. The van der Waals surface area contributed by atoms with Crippen molar-refractivity contribution in [3.05, 3.63) is 41.0 Å². The molecule has 1 fully saturated rings. The number of hydrogen-bond donors (Lipinski definition) is 1. The van der Waals surface area contributed by atoms with Crippen LogP contribution >= 0.6 is 11.6 Å². The first-order chi connectivity index (χ1) is 12.4. The molecule has 0 radical (unpaired) electrons. The lowest BCUT2D eigenvalue weighted by Crippen LogP contribution is -2.47. The molecule has 1 aromatic heterocycles. The molecule has 2 amide bonds. The van der Waals surface area contributed by atoms with Gasteiger partial charge in [-0.25, -0.2) is 0 Å². The van der Waals surface area contributed by atoms with Crippen molar-refractivity contribution in [3.8, 4) is 11.3 Å². The zero-order chi connectivity index (χ0) is 18.7. The Balaban J connectivity index is 1.57. The van der Waals surface area contributed by atoms with Gasteiger partial charge in [0, 0.05) is 41.7 Å². The molecular formula is C19H22ClN3O3. The Hall–Kier alpha value is -2.34. The quantitative estimate of drug-likeness (QED) is 0.888. The minimum atomic E-state index is -0.268. The van der Waals surface area contributed by atoms with E-state index in [2.05, 4.69) is 10.5 Å². The highest BCUT2D eigenvalue weighted by molar-refractivity contribution is 6.30. The number of carbonyl (C=O) groups is 2. The summed E-state index contributed by atoms with van der Waals surface area (Å²) in [6, 6.07) is 8.82. The number of aromatic nitrogens is 1. The van der Waals surface area contributed by atoms with Crippen LogP contribution in [0.15, 0.2) is 34.9 Å². The molecule has 2 heterocycles. The minimum Gasteiger partial charge on any atom is -0.355 e. The van der Waals surface area contributed by atoms with Crippen LogP contribution in [0.5, 0.6) is 0 Å². The van der Waals surface area contributed by atoms with Crippen LogP contribution in [-0.2, 0) is 4.79 Å². The number of hydrogen-bond acceptors (Lipinski definition) is 4. The van der Waals surface area contributed by atoms with E-state index in [1.165, 1.54) is 0 Å². The van der Waals surface area contributed by atoms with Gasteiger partial charge in [-0.2, -0.15) is 0 Å². The largest absolute Gasteiger partial charge is 0.355 e. The van der Waals surface area contributed by atoms with Crippen LogP contribution in [-0.4, -0.2) is 41.0 Å². The van der Waals surface area contributed by atoms with E-state index in [4.69, 9.17) is 16.1 Å². The smallest absolute Gasteiger partial charge is 0.273 e. The van der Waals surface area contributed by atoms with Gasteiger partial charge >= 0.3 is 0 Å². The zero-order valence-electron chi connectivity index (χ0n) is 14.9. The fourth-order valence-electron chi connectivity index (χ4n) is 3.03. The molecule has 138 valence electrons. The van der Waals surface area contributed by atoms with Crippen LogP contribution in [0.25, 0.3) is 11.3 Å². The van der Waals surface area contributed by atoms with Crippen LogP contribution in [0.1, 0.15) is 37.2 Å². The predicted molar refractivity (Wildman–Crippen MR) is 98.9 cm³/mol. The maximum absolute atomic E-state index is 12.4. The van der Waals surface area contributed by atoms with Crippen molar-refractivity contribution in [2.75, 3.05) is 13.1 Å². The van der Waals surface area contributed by atoms with Crippen molar-refractivity contribution in [2.24, 2.45) is 5.92 Å². The number of nitrogens with zero attached hydrogens (tertiary/aromatic N) is 2. The van der Waals surface area contributed by atoms with Gasteiger partial charge in [-0.15, -0.1) is 0 Å². The fourth-order valence-corrected chi connectivity index (χ4v) is 3.22. The Bertz CT molecular complexity index is 795. The minimum absolute atomic E-state index is 0.00109. The molecule has 1 saturated heterocycles. The number of nitrogens with one attached hydrogen (secondary N) is 1. The average Bonchev–Trinajstić information content (AvgIpc) is 3.12. The van der Waals surface area contributed by atoms with Crippen molar-refractivity contribution < 1.29 is 14.1 Å². The normalized spacial score (nSPS) is 15.3. The van der Waals surface area contributed by atoms with Gasteiger partial charge in [-0.1, -0.05) is 42.7 Å². The maximum Gasteiger partial charge on any atom is 0.273 e. The van der Waals surface area contributed by atoms with E-state index < -0.39 is 0 Å². The third-order valence-electron chi connectivity index (χ3n) is 4.49. The van der Waals surface area contributed by atoms with Gasteiger partial charge in [-0.05, 0) is 25.0 Å². The summed E-state index contributed by atoms with van der Waals surface area (Å²) in [5.41, 5.74) is 1.00. The first-order valence-electron chi connectivity index (χ1n) is 8.76. The van der Waals surface area contributed by atoms with Crippen LogP contribution in [0.4, 0.5) is 0 Å². The highest BCUT2D eigenvalue weighted by Crippen LogP contribution is 2.23. The Labute approximate surface area is 157 Å². The number of piperidine rings is 1. The van der Waals surface area contributed by atoms with E-state index >= 15 is 0 Å². The Kier molecular flexibility index (Phi) is 5.61. The van der Waals surface area contributed by atoms with E-state index in [1.807, 2.05) is 30.9 Å². The number of halogens is 1. The van der Waals surface area contributed by atoms with E-state index in [9.17, 15) is 9.59 Å². The molecule has 0 spiro atoms. The van der Waals surface area contributed by atoms with E-state index in [0.717, 1.165) is 18.4 Å². The molecular weight excluding hydrogens is 354 g/mol.